The zero-order chi connectivity index (χ0) is 29.9. The van der Waals surface area contributed by atoms with Gasteiger partial charge in [0.15, 0.2) is 12.6 Å². The Morgan fingerprint density at radius 3 is 2.12 bits per heavy atom. The number of fused-ring (bicyclic) bond motifs is 4. The monoisotopic (exact) mass is 566 g/mol. The summed E-state index contributed by atoms with van der Waals surface area (Å²) in [5.74, 6) is 0.880. The molecule has 8 bridgehead atoms. The van der Waals surface area contributed by atoms with Gasteiger partial charge in [-0.3, -0.25) is 10.3 Å². The molecule has 3 atom stereocenters. The molecule has 1 radical (unpaired) electrons. The van der Waals surface area contributed by atoms with Crippen molar-refractivity contribution >= 4 is 40.1 Å². The Hall–Kier alpha value is -4.11. The third-order valence-electron chi connectivity index (χ3n) is 8.05. The molecule has 3 N–H and O–H groups in total. The number of anilines is 5. The second kappa shape index (κ2) is 10.6. The Balaban J connectivity index is 1.56. The van der Waals surface area contributed by atoms with Crippen LogP contribution in [0.1, 0.15) is 58.2 Å². The lowest BCUT2D eigenvalue weighted by Gasteiger charge is -2.53. The minimum absolute atomic E-state index is 0.164. The van der Waals surface area contributed by atoms with Gasteiger partial charge in [0.2, 0.25) is 5.96 Å². The van der Waals surface area contributed by atoms with Crippen molar-refractivity contribution in [2.75, 3.05) is 26.0 Å². The van der Waals surface area contributed by atoms with Crippen molar-refractivity contribution < 1.29 is 0 Å². The number of guanidine groups is 1. The molecule has 0 saturated heterocycles. The average Bonchev–Trinajstić information content (AvgIpc) is 3.01. The van der Waals surface area contributed by atoms with Crippen LogP contribution in [0.5, 0.6) is 0 Å². The number of hydrogen-bond donors (Lipinski definition) is 3. The highest BCUT2D eigenvalue weighted by atomic mass is 15.8. The fraction of sp³-hybridized carbons (Fsp3) is 0.424. The first-order chi connectivity index (χ1) is 20.0. The molecule has 0 spiro atoms. The predicted molar refractivity (Wildman–Crippen MR) is 175 cm³/mol. The second-order valence-corrected chi connectivity index (χ2v) is 12.5. The first-order valence-corrected chi connectivity index (χ1v) is 15.1. The van der Waals surface area contributed by atoms with Crippen molar-refractivity contribution in [3.63, 3.8) is 0 Å². The molecule has 0 aromatic heterocycles. The lowest BCUT2D eigenvalue weighted by Crippen LogP contribution is -2.72. The number of hydrogen-bond acceptors (Lipinski definition) is 8. The Labute approximate surface area is 250 Å². The van der Waals surface area contributed by atoms with Gasteiger partial charge in [0.25, 0.3) is 0 Å². The number of hydrazine groups is 2. The fourth-order valence-corrected chi connectivity index (χ4v) is 6.13. The van der Waals surface area contributed by atoms with E-state index in [0.29, 0.717) is 0 Å². The number of nitrogens with one attached hydrogen (secondary N) is 3. The molecular formula is C33H44N9. The summed E-state index contributed by atoms with van der Waals surface area (Å²) in [5, 5.41) is 19.3. The summed E-state index contributed by atoms with van der Waals surface area (Å²) in [6.07, 6.45) is -0.732. The van der Waals surface area contributed by atoms with Gasteiger partial charge in [-0.1, -0.05) is 0 Å². The van der Waals surface area contributed by atoms with Gasteiger partial charge in [0.05, 0.1) is 17.1 Å². The standard InChI is InChI=1S/C33H44N9/c1-19(2)34-25-10-13-28(22(7)16-25)35-31-37-32-39(20(3)4)26-11-14-29(23(8)17-26)36-33-40(31)38-30-15-12-27(18-24(30)9)41(21(5)6)42(32)33/h10-21,31,33,35-36,38H,1-9H3. The summed E-state index contributed by atoms with van der Waals surface area (Å²) < 4.78 is 0. The van der Waals surface area contributed by atoms with Crippen LogP contribution in [0, 0.1) is 20.8 Å². The smallest absolute Gasteiger partial charge is 0.227 e. The number of nitrogens with zero attached hydrogens (tertiary/aromatic N) is 6. The van der Waals surface area contributed by atoms with Crippen LogP contribution in [0.25, 0.3) is 0 Å². The number of aryl methyl sites for hydroxylation is 3. The van der Waals surface area contributed by atoms with E-state index in [4.69, 9.17) is 10.3 Å². The maximum absolute atomic E-state index is 5.52. The summed E-state index contributed by atoms with van der Waals surface area (Å²) in [7, 11) is 0. The van der Waals surface area contributed by atoms with Gasteiger partial charge in [-0.2, -0.15) is 0 Å². The van der Waals surface area contributed by atoms with E-state index in [0.717, 1.165) is 45.6 Å². The van der Waals surface area contributed by atoms with Crippen molar-refractivity contribution in [1.29, 1.82) is 0 Å². The molecule has 9 heteroatoms. The molecule has 0 saturated carbocycles. The topological polar surface area (TPSA) is 75.5 Å². The second-order valence-electron chi connectivity index (χ2n) is 12.5. The highest BCUT2D eigenvalue weighted by Crippen LogP contribution is 2.38. The quantitative estimate of drug-likeness (QED) is 0.306. The molecule has 5 aliphatic rings. The molecule has 221 valence electrons. The summed E-state index contributed by atoms with van der Waals surface area (Å²) >= 11 is 0. The third-order valence-corrected chi connectivity index (χ3v) is 8.05. The first kappa shape index (κ1) is 28.0. The lowest BCUT2D eigenvalue weighted by molar-refractivity contribution is 0.0756. The van der Waals surface area contributed by atoms with Gasteiger partial charge >= 0.3 is 0 Å². The zero-order valence-corrected chi connectivity index (χ0v) is 26.3. The van der Waals surface area contributed by atoms with Crippen LogP contribution >= 0.6 is 0 Å². The molecule has 3 aromatic carbocycles. The molecule has 0 amide bonds. The Morgan fingerprint density at radius 1 is 0.786 bits per heavy atom. The third kappa shape index (κ3) is 4.85. The molecule has 0 aliphatic carbocycles. The SMILES string of the molecule is Cc1cc([N]C(C)C)ccc1NC1N=C2N(C(C)C)c3ccc(c(C)c3)NC3N1Nc1ccc(cc1C)N(C(C)C)N23. The number of rotatable bonds is 6. The predicted octanol–water partition coefficient (Wildman–Crippen LogP) is 6.72. The highest BCUT2D eigenvalue weighted by molar-refractivity contribution is 5.99. The van der Waals surface area contributed by atoms with Crippen LogP contribution in [0.15, 0.2) is 59.6 Å². The van der Waals surface area contributed by atoms with Gasteiger partial charge in [0.1, 0.15) is 0 Å². The van der Waals surface area contributed by atoms with E-state index < -0.39 is 6.29 Å². The summed E-state index contributed by atoms with van der Waals surface area (Å²) in [4.78, 5) is 7.88. The Kier molecular flexibility index (Phi) is 7.09. The van der Waals surface area contributed by atoms with Crippen molar-refractivity contribution in [2.45, 2.75) is 93.0 Å². The van der Waals surface area contributed by atoms with Crippen LogP contribution in [0.3, 0.4) is 0 Å². The van der Waals surface area contributed by atoms with E-state index in [1.54, 1.807) is 0 Å². The van der Waals surface area contributed by atoms with Crippen LogP contribution < -0.4 is 31.3 Å². The van der Waals surface area contributed by atoms with Crippen LogP contribution in [-0.2, 0) is 0 Å². The summed E-state index contributed by atoms with van der Waals surface area (Å²) in [5.41, 5.74) is 13.7. The van der Waals surface area contributed by atoms with Crippen molar-refractivity contribution in [3.8, 4) is 0 Å². The van der Waals surface area contributed by atoms with Crippen molar-refractivity contribution in [1.82, 2.24) is 15.3 Å². The van der Waals surface area contributed by atoms with Gasteiger partial charge in [-0.05, 0) is 134 Å². The Bertz CT molecular complexity index is 1510. The van der Waals surface area contributed by atoms with Gasteiger partial charge in [-0.25, -0.2) is 10.0 Å². The molecule has 0 fully saturated rings. The number of benzene rings is 3. The van der Waals surface area contributed by atoms with E-state index >= 15 is 0 Å². The van der Waals surface area contributed by atoms with Crippen molar-refractivity contribution in [2.24, 2.45) is 4.99 Å². The van der Waals surface area contributed by atoms with Crippen molar-refractivity contribution in [3.05, 3.63) is 71.3 Å². The maximum Gasteiger partial charge on any atom is 0.227 e. The molecule has 8 rings (SSSR count). The molecular weight excluding hydrogens is 522 g/mol. The van der Waals surface area contributed by atoms with Gasteiger partial charge < -0.3 is 21.0 Å². The van der Waals surface area contributed by atoms with E-state index in [1.807, 2.05) is 0 Å². The first-order valence-electron chi connectivity index (χ1n) is 15.1. The van der Waals surface area contributed by atoms with E-state index in [1.165, 1.54) is 11.1 Å². The molecule has 5 aliphatic heterocycles. The van der Waals surface area contributed by atoms with Gasteiger partial charge in [-0.15, -0.1) is 5.01 Å². The molecule has 42 heavy (non-hydrogen) atoms. The normalized spacial score (nSPS) is 20.8. The van der Waals surface area contributed by atoms with Crippen LogP contribution in [0.2, 0.25) is 0 Å². The lowest BCUT2D eigenvalue weighted by atomic mass is 10.1. The van der Waals surface area contributed by atoms with Crippen LogP contribution in [0.4, 0.5) is 34.1 Å². The maximum atomic E-state index is 5.52. The minimum atomic E-state index is -0.426. The highest BCUT2D eigenvalue weighted by Gasteiger charge is 2.46. The minimum Gasteiger partial charge on any atom is -0.350 e. The average molecular weight is 567 g/mol. The van der Waals surface area contributed by atoms with Gasteiger partial charge in [0, 0.05) is 35.2 Å². The zero-order valence-electron chi connectivity index (χ0n) is 26.3. The van der Waals surface area contributed by atoms with E-state index in [9.17, 15) is 0 Å². The Morgan fingerprint density at radius 2 is 1.48 bits per heavy atom. The number of aliphatic imine (C=N–C) groups is 1. The molecule has 3 aromatic rings. The molecule has 3 unspecified atom stereocenters. The molecule has 9 nitrogen and oxygen atoms in total. The summed E-state index contributed by atoms with van der Waals surface area (Å²) in [6.45, 7) is 19.6. The summed E-state index contributed by atoms with van der Waals surface area (Å²) in [6, 6.07) is 20.2. The molecule has 5 heterocycles. The van der Waals surface area contributed by atoms with Crippen LogP contribution in [-0.4, -0.2) is 46.7 Å². The van der Waals surface area contributed by atoms with E-state index in [-0.39, 0.29) is 24.4 Å². The van der Waals surface area contributed by atoms with E-state index in [2.05, 4.69) is 153 Å². The largest absolute Gasteiger partial charge is 0.350 e. The fourth-order valence-electron chi connectivity index (χ4n) is 6.13.